The van der Waals surface area contributed by atoms with Gasteiger partial charge in [0.05, 0.1) is 5.69 Å². The summed E-state index contributed by atoms with van der Waals surface area (Å²) in [6.07, 6.45) is 4.77. The van der Waals surface area contributed by atoms with Crippen molar-refractivity contribution in [2.45, 2.75) is 6.92 Å². The normalized spacial score (nSPS) is 9.71. The molecule has 0 fully saturated rings. The molecule has 0 saturated carbocycles. The maximum atomic E-state index is 8.79. The maximum Gasteiger partial charge on any atom is 0.190 e. The van der Waals surface area contributed by atoms with Crippen molar-refractivity contribution in [1.82, 2.24) is 19.7 Å². The maximum absolute atomic E-state index is 8.79. The molecule has 2 aromatic heterocycles. The Bertz CT molecular complexity index is 494. The molecule has 0 amide bonds. The minimum atomic E-state index is 0.274. The van der Waals surface area contributed by atoms with E-state index in [0.717, 1.165) is 5.69 Å². The Labute approximate surface area is 80.7 Å². The first-order valence-electron chi connectivity index (χ1n) is 4.05. The minimum absolute atomic E-state index is 0.274. The van der Waals surface area contributed by atoms with Gasteiger partial charge in [-0.3, -0.25) is 0 Å². The summed E-state index contributed by atoms with van der Waals surface area (Å²) in [7, 11) is 0. The van der Waals surface area contributed by atoms with Gasteiger partial charge in [0.1, 0.15) is 6.07 Å². The standard InChI is InChI=1S/C9H7N5/c1-7-2-5-14(13-7)9-8(6-10)11-3-4-12-9/h2-5H,1H3. The molecule has 0 radical (unpaired) electrons. The second-order valence-electron chi connectivity index (χ2n) is 2.74. The van der Waals surface area contributed by atoms with Crippen LogP contribution >= 0.6 is 0 Å². The molecule has 0 spiro atoms. The number of hydrogen-bond acceptors (Lipinski definition) is 4. The Kier molecular flexibility index (Phi) is 1.95. The van der Waals surface area contributed by atoms with E-state index in [2.05, 4.69) is 15.1 Å². The van der Waals surface area contributed by atoms with Crippen molar-refractivity contribution in [1.29, 1.82) is 5.26 Å². The average Bonchev–Trinajstić information content (AvgIpc) is 2.65. The van der Waals surface area contributed by atoms with Crippen LogP contribution < -0.4 is 0 Å². The summed E-state index contributed by atoms with van der Waals surface area (Å²) in [5.41, 5.74) is 1.15. The fourth-order valence-corrected chi connectivity index (χ4v) is 1.11. The van der Waals surface area contributed by atoms with E-state index in [-0.39, 0.29) is 5.69 Å². The van der Waals surface area contributed by atoms with E-state index in [1.54, 1.807) is 10.9 Å². The summed E-state index contributed by atoms with van der Waals surface area (Å²) >= 11 is 0. The summed E-state index contributed by atoms with van der Waals surface area (Å²) in [5, 5.41) is 12.9. The van der Waals surface area contributed by atoms with E-state index in [1.807, 2.05) is 19.1 Å². The molecule has 14 heavy (non-hydrogen) atoms. The van der Waals surface area contributed by atoms with E-state index >= 15 is 0 Å². The van der Waals surface area contributed by atoms with Gasteiger partial charge < -0.3 is 0 Å². The number of hydrogen-bond donors (Lipinski definition) is 0. The van der Waals surface area contributed by atoms with Gasteiger partial charge in [-0.1, -0.05) is 0 Å². The molecule has 0 aliphatic rings. The molecular weight excluding hydrogens is 178 g/mol. The van der Waals surface area contributed by atoms with Gasteiger partial charge in [0.25, 0.3) is 0 Å². The molecule has 2 heterocycles. The van der Waals surface area contributed by atoms with Crippen LogP contribution in [0.5, 0.6) is 0 Å². The lowest BCUT2D eigenvalue weighted by molar-refractivity contribution is 0.819. The molecule has 2 rings (SSSR count). The summed E-state index contributed by atoms with van der Waals surface area (Å²) in [5.74, 6) is 0.461. The number of aromatic nitrogens is 4. The molecule has 5 heteroatoms. The second kappa shape index (κ2) is 3.26. The molecule has 5 nitrogen and oxygen atoms in total. The SMILES string of the molecule is Cc1ccn(-c2nccnc2C#N)n1. The molecule has 2 aromatic rings. The monoisotopic (exact) mass is 185 g/mol. The van der Waals surface area contributed by atoms with Crippen LogP contribution in [-0.4, -0.2) is 19.7 Å². The highest BCUT2D eigenvalue weighted by molar-refractivity contribution is 5.36. The lowest BCUT2D eigenvalue weighted by atomic mass is 10.4. The van der Waals surface area contributed by atoms with Crippen molar-refractivity contribution in [3.05, 3.63) is 36.0 Å². The highest BCUT2D eigenvalue weighted by Crippen LogP contribution is 2.06. The second-order valence-corrected chi connectivity index (χ2v) is 2.74. The quantitative estimate of drug-likeness (QED) is 0.660. The van der Waals surface area contributed by atoms with Crippen LogP contribution in [-0.2, 0) is 0 Å². The number of nitrogens with zero attached hydrogens (tertiary/aromatic N) is 5. The van der Waals surface area contributed by atoms with Gasteiger partial charge in [-0.2, -0.15) is 10.4 Å². The van der Waals surface area contributed by atoms with E-state index in [4.69, 9.17) is 5.26 Å². The Morgan fingerprint density at radius 3 is 2.79 bits per heavy atom. The van der Waals surface area contributed by atoms with Crippen LogP contribution in [0.3, 0.4) is 0 Å². The Morgan fingerprint density at radius 2 is 2.14 bits per heavy atom. The molecule has 68 valence electrons. The summed E-state index contributed by atoms with van der Waals surface area (Å²) in [4.78, 5) is 7.95. The van der Waals surface area contributed by atoms with Crippen LogP contribution in [0.2, 0.25) is 0 Å². The fourth-order valence-electron chi connectivity index (χ4n) is 1.11. The molecule has 0 aliphatic heterocycles. The number of aryl methyl sites for hydroxylation is 1. The van der Waals surface area contributed by atoms with Crippen LogP contribution in [0, 0.1) is 18.3 Å². The third kappa shape index (κ3) is 1.33. The van der Waals surface area contributed by atoms with E-state index in [9.17, 15) is 0 Å². The fraction of sp³-hybridized carbons (Fsp3) is 0.111. The molecular formula is C9H7N5. The summed E-state index contributed by atoms with van der Waals surface area (Å²) < 4.78 is 1.54. The van der Waals surface area contributed by atoms with E-state index in [1.165, 1.54) is 12.4 Å². The van der Waals surface area contributed by atoms with Gasteiger partial charge in [0.15, 0.2) is 11.5 Å². The lowest BCUT2D eigenvalue weighted by Crippen LogP contribution is -2.02. The van der Waals surface area contributed by atoms with Gasteiger partial charge in [0, 0.05) is 18.6 Å². The van der Waals surface area contributed by atoms with Crippen molar-refractivity contribution < 1.29 is 0 Å². The highest BCUT2D eigenvalue weighted by Gasteiger charge is 2.06. The zero-order valence-corrected chi connectivity index (χ0v) is 7.55. The predicted octanol–water partition coefficient (Wildman–Crippen LogP) is 0.842. The summed E-state index contributed by atoms with van der Waals surface area (Å²) in [6.45, 7) is 1.87. The van der Waals surface area contributed by atoms with Gasteiger partial charge in [-0.05, 0) is 13.0 Å². The molecule has 0 saturated heterocycles. The van der Waals surface area contributed by atoms with Crippen molar-refractivity contribution in [2.75, 3.05) is 0 Å². The molecule has 0 N–H and O–H groups in total. The lowest BCUT2D eigenvalue weighted by Gasteiger charge is -1.99. The van der Waals surface area contributed by atoms with Crippen LogP contribution in [0.1, 0.15) is 11.4 Å². The van der Waals surface area contributed by atoms with Crippen molar-refractivity contribution >= 4 is 0 Å². The van der Waals surface area contributed by atoms with Crippen molar-refractivity contribution in [3.8, 4) is 11.9 Å². The molecule has 0 aliphatic carbocycles. The topological polar surface area (TPSA) is 67.4 Å². The molecule has 0 atom stereocenters. The first-order valence-corrected chi connectivity index (χ1v) is 4.05. The van der Waals surface area contributed by atoms with Crippen LogP contribution in [0.25, 0.3) is 5.82 Å². The van der Waals surface area contributed by atoms with Crippen LogP contribution in [0.15, 0.2) is 24.7 Å². The van der Waals surface area contributed by atoms with E-state index in [0.29, 0.717) is 5.82 Å². The molecule has 0 unspecified atom stereocenters. The minimum Gasteiger partial charge on any atom is -0.240 e. The largest absolute Gasteiger partial charge is 0.240 e. The van der Waals surface area contributed by atoms with Crippen LogP contribution in [0.4, 0.5) is 0 Å². The molecule has 0 bridgehead atoms. The van der Waals surface area contributed by atoms with Crippen molar-refractivity contribution in [3.63, 3.8) is 0 Å². The van der Waals surface area contributed by atoms with Gasteiger partial charge in [-0.15, -0.1) is 0 Å². The Balaban J connectivity index is 2.57. The average molecular weight is 185 g/mol. The van der Waals surface area contributed by atoms with Gasteiger partial charge >= 0.3 is 0 Å². The summed E-state index contributed by atoms with van der Waals surface area (Å²) in [6, 6.07) is 3.81. The zero-order valence-electron chi connectivity index (χ0n) is 7.55. The number of rotatable bonds is 1. The molecule has 0 aromatic carbocycles. The first-order chi connectivity index (χ1) is 6.81. The predicted molar refractivity (Wildman–Crippen MR) is 48.6 cm³/mol. The highest BCUT2D eigenvalue weighted by atomic mass is 15.3. The number of nitriles is 1. The van der Waals surface area contributed by atoms with Crippen molar-refractivity contribution in [2.24, 2.45) is 0 Å². The van der Waals surface area contributed by atoms with Gasteiger partial charge in [0.2, 0.25) is 0 Å². The van der Waals surface area contributed by atoms with E-state index < -0.39 is 0 Å². The first kappa shape index (κ1) is 8.38. The smallest absolute Gasteiger partial charge is 0.190 e. The third-order valence-corrected chi connectivity index (χ3v) is 1.72. The Morgan fingerprint density at radius 1 is 1.36 bits per heavy atom. The Hall–Kier alpha value is -2.22. The van der Waals surface area contributed by atoms with Gasteiger partial charge in [-0.25, -0.2) is 14.6 Å². The third-order valence-electron chi connectivity index (χ3n) is 1.72. The zero-order chi connectivity index (χ0) is 9.97.